The Balaban J connectivity index is 1.56. The number of nitrogens with one attached hydrogen (secondary N) is 2. The molecule has 1 fully saturated rings. The Hall–Kier alpha value is -3.24. The number of amides is 1. The molecule has 1 aliphatic heterocycles. The fourth-order valence-electron chi connectivity index (χ4n) is 3.51. The van der Waals surface area contributed by atoms with Crippen LogP contribution in [0.15, 0.2) is 48.8 Å². The molecule has 11 heteroatoms. The Labute approximate surface area is 187 Å². The van der Waals surface area contributed by atoms with Crippen LogP contribution in [0.4, 0.5) is 20.3 Å². The molecular weight excluding hydrogens is 444 g/mol. The molecule has 1 amide bonds. The number of rotatable bonds is 6. The zero-order valence-corrected chi connectivity index (χ0v) is 17.7. The lowest BCUT2D eigenvalue weighted by atomic mass is 10.1. The summed E-state index contributed by atoms with van der Waals surface area (Å²) in [5, 5.41) is 19.9. The average molecular weight is 464 g/mol. The monoisotopic (exact) mass is 463 g/mol. The zero-order valence-electron chi connectivity index (χ0n) is 17.0. The van der Waals surface area contributed by atoms with Crippen molar-refractivity contribution >= 4 is 29.0 Å². The van der Waals surface area contributed by atoms with E-state index < -0.39 is 17.1 Å². The molecule has 1 aromatic carbocycles. The van der Waals surface area contributed by atoms with Gasteiger partial charge in [0.1, 0.15) is 11.6 Å². The van der Waals surface area contributed by atoms with E-state index in [2.05, 4.69) is 25.2 Å². The average Bonchev–Trinajstić information content (AvgIpc) is 3.37. The summed E-state index contributed by atoms with van der Waals surface area (Å²) in [7, 11) is 0. The maximum Gasteiger partial charge on any atom is 0.487 e. The summed E-state index contributed by atoms with van der Waals surface area (Å²) >= 11 is 4.75. The number of carbonyl (C=O) groups is 1. The van der Waals surface area contributed by atoms with Crippen LogP contribution >= 0.6 is 11.6 Å². The van der Waals surface area contributed by atoms with Crippen LogP contribution in [0, 0.1) is 0 Å². The topological polar surface area (TPSA) is 103 Å². The van der Waals surface area contributed by atoms with Gasteiger partial charge in [-0.25, -0.2) is 4.98 Å². The number of aliphatic hydroxyl groups is 1. The highest BCUT2D eigenvalue weighted by atomic mass is 35.5. The molecule has 4 rings (SSSR count). The summed E-state index contributed by atoms with van der Waals surface area (Å²) in [4.78, 5) is 19.2. The van der Waals surface area contributed by atoms with Gasteiger partial charge >= 0.3 is 5.57 Å². The second kappa shape index (κ2) is 8.36. The number of halogens is 3. The van der Waals surface area contributed by atoms with E-state index in [0.29, 0.717) is 42.3 Å². The fraction of sp³-hybridized carbons (Fsp3) is 0.286. The van der Waals surface area contributed by atoms with Crippen LogP contribution in [0.1, 0.15) is 23.7 Å². The minimum atomic E-state index is -3.82. The smallest absolute Gasteiger partial charge is 0.420 e. The van der Waals surface area contributed by atoms with Gasteiger partial charge in [0.15, 0.2) is 0 Å². The van der Waals surface area contributed by atoms with Gasteiger partial charge < -0.3 is 20.1 Å². The minimum Gasteiger partial charge on any atom is -0.420 e. The second-order valence-electron chi connectivity index (χ2n) is 7.76. The molecule has 0 saturated carbocycles. The molecule has 2 aromatic heterocycles. The number of pyridine rings is 1. The van der Waals surface area contributed by atoms with Crippen molar-refractivity contribution in [2.24, 2.45) is 0 Å². The summed E-state index contributed by atoms with van der Waals surface area (Å²) in [6.45, 7) is 2.82. The number of H-pyrrole nitrogens is 1. The Morgan fingerprint density at radius 3 is 2.69 bits per heavy atom. The summed E-state index contributed by atoms with van der Waals surface area (Å²) in [6.07, 6.45) is 3.65. The number of anilines is 2. The van der Waals surface area contributed by atoms with Crippen LogP contribution < -0.4 is 15.0 Å². The van der Waals surface area contributed by atoms with E-state index in [1.54, 1.807) is 25.3 Å². The van der Waals surface area contributed by atoms with Crippen molar-refractivity contribution < 1.29 is 23.4 Å². The number of hydrogen-bond acceptors (Lipinski definition) is 6. The number of alkyl halides is 3. The highest BCUT2D eigenvalue weighted by molar-refractivity contribution is 6.20. The van der Waals surface area contributed by atoms with E-state index in [0.717, 1.165) is 0 Å². The van der Waals surface area contributed by atoms with Crippen LogP contribution in [0.2, 0.25) is 0 Å². The third kappa shape index (κ3) is 5.14. The van der Waals surface area contributed by atoms with Gasteiger partial charge in [0.25, 0.3) is 5.91 Å². The van der Waals surface area contributed by atoms with E-state index in [1.165, 1.54) is 30.5 Å². The minimum absolute atomic E-state index is 0.142. The molecular formula is C21H20ClF2N5O3. The summed E-state index contributed by atoms with van der Waals surface area (Å²) in [5.41, 5.74) is -2.62. The van der Waals surface area contributed by atoms with Gasteiger partial charge in [-0.15, -0.1) is 8.78 Å². The van der Waals surface area contributed by atoms with Crippen LogP contribution in [-0.4, -0.2) is 50.5 Å². The SMILES string of the molecule is C[C@]1(O)CCN(c2ncc(C(=O)Nc3ccc(OC(F)(F)Cl)cc3)cc2-c2ccn[nH]2)C1. The largest absolute Gasteiger partial charge is 0.487 e. The van der Waals surface area contributed by atoms with Crippen LogP contribution in [0.25, 0.3) is 11.3 Å². The lowest BCUT2D eigenvalue weighted by Crippen LogP contribution is -2.30. The number of hydrogen-bond donors (Lipinski definition) is 3. The van der Waals surface area contributed by atoms with Crippen LogP contribution in [0.3, 0.4) is 0 Å². The molecule has 0 radical (unpaired) electrons. The standard InChI is InChI=1S/C21H20ClF2N5O3/c1-20(31)7-9-29(12-20)18-16(17-6-8-26-28-17)10-13(11-25-18)19(30)27-14-2-4-15(5-3-14)32-21(22,23)24/h2-6,8,10-11,31H,7,9,12H2,1H3,(H,26,28)(H,27,30)/t20-/m0/s1. The van der Waals surface area contributed by atoms with Gasteiger partial charge in [-0.1, -0.05) is 0 Å². The molecule has 3 heterocycles. The van der Waals surface area contributed by atoms with Gasteiger partial charge in [-0.05, 0) is 49.7 Å². The number of β-amino-alcohol motifs (C(OH)–C–C–N with tert-alkyl or cyclic N) is 1. The Morgan fingerprint density at radius 1 is 1.34 bits per heavy atom. The summed E-state index contributed by atoms with van der Waals surface area (Å²) in [6, 6.07) is 8.82. The molecule has 0 bridgehead atoms. The second-order valence-corrected chi connectivity index (χ2v) is 8.20. The number of ether oxygens (including phenoxy) is 1. The summed E-state index contributed by atoms with van der Waals surface area (Å²) < 4.78 is 29.7. The quantitative estimate of drug-likeness (QED) is 0.480. The third-order valence-electron chi connectivity index (χ3n) is 5.02. The highest BCUT2D eigenvalue weighted by Gasteiger charge is 2.33. The Bertz CT molecular complexity index is 1100. The van der Waals surface area contributed by atoms with Gasteiger partial charge in [-0.2, -0.15) is 5.10 Å². The molecule has 32 heavy (non-hydrogen) atoms. The van der Waals surface area contributed by atoms with Crippen molar-refractivity contribution in [3.8, 4) is 17.0 Å². The Morgan fingerprint density at radius 2 is 2.09 bits per heavy atom. The van der Waals surface area contributed by atoms with Crippen molar-refractivity contribution in [2.75, 3.05) is 23.3 Å². The van der Waals surface area contributed by atoms with Crippen molar-refractivity contribution in [3.63, 3.8) is 0 Å². The first kappa shape index (κ1) is 22.0. The number of carbonyl (C=O) groups excluding carboxylic acids is 1. The summed E-state index contributed by atoms with van der Waals surface area (Å²) in [5.74, 6) is 0.0544. The normalized spacial score (nSPS) is 18.6. The first-order valence-electron chi connectivity index (χ1n) is 9.74. The van der Waals surface area contributed by atoms with Crippen LogP contribution in [0.5, 0.6) is 5.75 Å². The molecule has 1 atom stereocenters. The van der Waals surface area contributed by atoms with E-state index >= 15 is 0 Å². The van der Waals surface area contributed by atoms with Gasteiger partial charge in [0.05, 0.1) is 16.9 Å². The molecule has 1 saturated heterocycles. The first-order valence-corrected chi connectivity index (χ1v) is 10.1. The molecule has 0 aliphatic carbocycles. The number of aromatic nitrogens is 3. The predicted molar refractivity (Wildman–Crippen MR) is 115 cm³/mol. The number of benzene rings is 1. The molecule has 1 aliphatic rings. The van der Waals surface area contributed by atoms with E-state index in [-0.39, 0.29) is 11.3 Å². The highest BCUT2D eigenvalue weighted by Crippen LogP contribution is 2.33. The third-order valence-corrected chi connectivity index (χ3v) is 5.09. The van der Waals surface area contributed by atoms with Gasteiger partial charge in [-0.3, -0.25) is 9.89 Å². The van der Waals surface area contributed by atoms with Crippen molar-refractivity contribution in [3.05, 3.63) is 54.4 Å². The predicted octanol–water partition coefficient (Wildman–Crippen LogP) is 3.85. The van der Waals surface area contributed by atoms with Gasteiger partial charge in [0, 0.05) is 48.3 Å². The molecule has 0 unspecified atom stereocenters. The van der Waals surface area contributed by atoms with E-state index in [4.69, 9.17) is 11.6 Å². The van der Waals surface area contributed by atoms with Crippen molar-refractivity contribution in [2.45, 2.75) is 24.5 Å². The molecule has 8 nitrogen and oxygen atoms in total. The molecule has 3 aromatic rings. The van der Waals surface area contributed by atoms with Crippen molar-refractivity contribution in [1.82, 2.24) is 15.2 Å². The maximum absolute atomic E-state index is 12.8. The lowest BCUT2D eigenvalue weighted by molar-refractivity contribution is -0.0964. The zero-order chi connectivity index (χ0) is 22.9. The fourth-order valence-corrected chi connectivity index (χ4v) is 3.60. The van der Waals surface area contributed by atoms with E-state index in [1.807, 2.05) is 4.90 Å². The first-order chi connectivity index (χ1) is 15.1. The van der Waals surface area contributed by atoms with E-state index in [9.17, 15) is 18.7 Å². The van der Waals surface area contributed by atoms with Crippen molar-refractivity contribution in [1.29, 1.82) is 0 Å². The molecule has 0 spiro atoms. The lowest BCUT2D eigenvalue weighted by Gasteiger charge is -2.22. The van der Waals surface area contributed by atoms with Crippen LogP contribution in [-0.2, 0) is 0 Å². The molecule has 168 valence electrons. The van der Waals surface area contributed by atoms with Gasteiger partial charge in [0.2, 0.25) is 0 Å². The number of nitrogens with zero attached hydrogens (tertiary/aromatic N) is 3. The maximum atomic E-state index is 12.8. The number of aromatic amines is 1. The Kier molecular flexibility index (Phi) is 5.74. The molecule has 3 N–H and O–H groups in total.